The molecule has 1 amide bonds. The molecule has 1 aliphatic heterocycles. The summed E-state index contributed by atoms with van der Waals surface area (Å²) < 4.78 is 11.2. The largest absolute Gasteiger partial charge is 0.486 e. The van der Waals surface area contributed by atoms with Gasteiger partial charge < -0.3 is 25.0 Å². The molecule has 7 nitrogen and oxygen atoms in total. The molecule has 0 spiro atoms. The Balaban J connectivity index is 0.00000364. The average Bonchev–Trinajstić information content (AvgIpc) is 2.60. The van der Waals surface area contributed by atoms with Crippen LogP contribution < -0.4 is 20.1 Å². The van der Waals surface area contributed by atoms with Crippen molar-refractivity contribution in [2.45, 2.75) is 27.3 Å². The van der Waals surface area contributed by atoms with E-state index in [9.17, 15) is 4.79 Å². The third-order valence-electron chi connectivity index (χ3n) is 3.97. The summed E-state index contributed by atoms with van der Waals surface area (Å²) in [6, 6.07) is 5.97. The number of fused-ring (bicyclic) bond motifs is 1. The predicted octanol–water partition coefficient (Wildman–Crippen LogP) is 2.25. The van der Waals surface area contributed by atoms with Crippen molar-refractivity contribution in [3.05, 3.63) is 23.8 Å². The van der Waals surface area contributed by atoms with E-state index >= 15 is 0 Å². The first kappa shape index (κ1) is 23.3. The molecule has 152 valence electrons. The van der Waals surface area contributed by atoms with Crippen molar-refractivity contribution in [1.29, 1.82) is 0 Å². The average molecular weight is 490 g/mol. The molecule has 0 fully saturated rings. The Kier molecular flexibility index (Phi) is 9.14. The van der Waals surface area contributed by atoms with Crippen LogP contribution in [0.3, 0.4) is 0 Å². The number of hydrogen-bond acceptors (Lipinski definition) is 4. The molecule has 0 atom stereocenters. The molecule has 27 heavy (non-hydrogen) atoms. The van der Waals surface area contributed by atoms with Crippen LogP contribution in [-0.4, -0.2) is 57.2 Å². The highest BCUT2D eigenvalue weighted by Crippen LogP contribution is 2.31. The summed E-state index contributed by atoms with van der Waals surface area (Å²) in [7, 11) is 3.72. The van der Waals surface area contributed by atoms with Crippen molar-refractivity contribution < 1.29 is 14.3 Å². The summed E-state index contributed by atoms with van der Waals surface area (Å²) in [4.78, 5) is 18.2. The fourth-order valence-corrected chi connectivity index (χ4v) is 2.54. The van der Waals surface area contributed by atoms with Crippen LogP contribution in [0.2, 0.25) is 0 Å². The Morgan fingerprint density at radius 3 is 2.41 bits per heavy atom. The minimum atomic E-state index is -0.378. The fraction of sp³-hybridized carbons (Fsp3) is 0.579. The quantitative estimate of drug-likeness (QED) is 0.287. The Morgan fingerprint density at radius 1 is 1.15 bits per heavy atom. The Labute approximate surface area is 178 Å². The van der Waals surface area contributed by atoms with Gasteiger partial charge in [-0.15, -0.1) is 24.0 Å². The van der Waals surface area contributed by atoms with Gasteiger partial charge >= 0.3 is 0 Å². The Morgan fingerprint density at radius 2 is 1.78 bits per heavy atom. The van der Waals surface area contributed by atoms with Gasteiger partial charge in [0.15, 0.2) is 17.5 Å². The van der Waals surface area contributed by atoms with Crippen LogP contribution in [0, 0.1) is 5.41 Å². The number of carbonyl (C=O) groups excluding carboxylic acids is 1. The zero-order chi connectivity index (χ0) is 19.2. The molecular weight excluding hydrogens is 459 g/mol. The van der Waals surface area contributed by atoms with Gasteiger partial charge in [0.1, 0.15) is 13.2 Å². The van der Waals surface area contributed by atoms with Gasteiger partial charge in [0.2, 0.25) is 5.91 Å². The van der Waals surface area contributed by atoms with Crippen LogP contribution >= 0.6 is 24.0 Å². The van der Waals surface area contributed by atoms with Gasteiger partial charge in [-0.3, -0.25) is 9.79 Å². The normalized spacial score (nSPS) is 13.4. The van der Waals surface area contributed by atoms with Gasteiger partial charge in [0.05, 0.1) is 0 Å². The molecule has 0 unspecified atom stereocenters. The van der Waals surface area contributed by atoms with Gasteiger partial charge in [-0.05, 0) is 17.7 Å². The van der Waals surface area contributed by atoms with E-state index in [1.165, 1.54) is 0 Å². The van der Waals surface area contributed by atoms with Crippen LogP contribution in [0.4, 0.5) is 0 Å². The van der Waals surface area contributed by atoms with Gasteiger partial charge in [0.25, 0.3) is 0 Å². The van der Waals surface area contributed by atoms with Crippen LogP contribution in [0.5, 0.6) is 11.5 Å². The highest BCUT2D eigenvalue weighted by molar-refractivity contribution is 14.0. The lowest BCUT2D eigenvalue weighted by Gasteiger charge is -2.24. The van der Waals surface area contributed by atoms with Gasteiger partial charge in [-0.1, -0.05) is 26.8 Å². The Bertz CT molecular complexity index is 659. The fourth-order valence-electron chi connectivity index (χ4n) is 2.54. The maximum absolute atomic E-state index is 11.9. The lowest BCUT2D eigenvalue weighted by Crippen LogP contribution is -2.43. The van der Waals surface area contributed by atoms with Crippen molar-refractivity contribution in [3.8, 4) is 11.5 Å². The molecule has 0 saturated heterocycles. The Hall–Kier alpha value is -1.71. The van der Waals surface area contributed by atoms with Crippen molar-refractivity contribution in [1.82, 2.24) is 15.5 Å². The second-order valence-electron chi connectivity index (χ2n) is 7.31. The first-order chi connectivity index (χ1) is 12.3. The second kappa shape index (κ2) is 10.6. The lowest BCUT2D eigenvalue weighted by atomic mass is 9.96. The number of guanidine groups is 1. The summed E-state index contributed by atoms with van der Waals surface area (Å²) in [5.41, 5.74) is 0.734. The number of nitrogens with one attached hydrogen (secondary N) is 2. The van der Waals surface area contributed by atoms with Crippen molar-refractivity contribution in [2.75, 3.05) is 40.4 Å². The van der Waals surface area contributed by atoms with E-state index in [2.05, 4.69) is 15.6 Å². The molecular formula is C19H31IN4O3. The number of ether oxygens (including phenoxy) is 2. The van der Waals surface area contributed by atoms with Crippen molar-refractivity contribution >= 4 is 35.8 Å². The number of benzene rings is 1. The number of aliphatic imine (C=N–C) groups is 1. The van der Waals surface area contributed by atoms with Crippen LogP contribution in [0.1, 0.15) is 26.3 Å². The number of hydrogen-bond donors (Lipinski definition) is 2. The minimum absolute atomic E-state index is 0. The summed E-state index contributed by atoms with van der Waals surface area (Å²) in [5, 5.41) is 6.18. The van der Waals surface area contributed by atoms with E-state index in [-0.39, 0.29) is 35.3 Å². The van der Waals surface area contributed by atoms with E-state index in [4.69, 9.17) is 9.47 Å². The van der Waals surface area contributed by atoms with E-state index in [0.29, 0.717) is 32.8 Å². The molecule has 2 rings (SSSR count). The number of halogens is 1. The summed E-state index contributed by atoms with van der Waals surface area (Å²) in [6.45, 7) is 8.71. The van der Waals surface area contributed by atoms with E-state index < -0.39 is 0 Å². The smallest absolute Gasteiger partial charge is 0.225 e. The number of nitrogens with zero attached hydrogens (tertiary/aromatic N) is 2. The molecule has 0 aromatic heterocycles. The highest BCUT2D eigenvalue weighted by atomic mass is 127. The third-order valence-corrected chi connectivity index (χ3v) is 3.97. The van der Waals surface area contributed by atoms with Crippen LogP contribution in [0.15, 0.2) is 23.2 Å². The minimum Gasteiger partial charge on any atom is -0.486 e. The maximum Gasteiger partial charge on any atom is 0.225 e. The molecule has 0 radical (unpaired) electrons. The monoisotopic (exact) mass is 490 g/mol. The maximum atomic E-state index is 11.9. The zero-order valence-corrected chi connectivity index (χ0v) is 19.1. The predicted molar refractivity (Wildman–Crippen MR) is 118 cm³/mol. The molecule has 1 aliphatic rings. The van der Waals surface area contributed by atoms with Gasteiger partial charge in [-0.25, -0.2) is 0 Å². The molecule has 8 heteroatoms. The molecule has 0 saturated carbocycles. The van der Waals surface area contributed by atoms with Crippen molar-refractivity contribution in [3.63, 3.8) is 0 Å². The van der Waals surface area contributed by atoms with Crippen molar-refractivity contribution in [2.24, 2.45) is 10.4 Å². The SMILES string of the molecule is CN=C(NCCNC(=O)C(C)(C)C)N(C)Cc1ccc2c(c1)OCCO2.I. The molecule has 1 aromatic rings. The molecule has 1 heterocycles. The molecule has 0 aliphatic carbocycles. The second-order valence-corrected chi connectivity index (χ2v) is 7.31. The summed E-state index contributed by atoms with van der Waals surface area (Å²) in [5.74, 6) is 2.39. The number of amides is 1. The van der Waals surface area contributed by atoms with E-state index in [0.717, 1.165) is 23.0 Å². The standard InChI is InChI=1S/C19H30N4O3.HI/c1-19(2,3)17(24)21-8-9-22-18(20-4)23(5)13-14-6-7-15-16(12-14)26-11-10-25-15;/h6-7,12H,8-11,13H2,1-5H3,(H,20,22)(H,21,24);1H. The van der Waals surface area contributed by atoms with Gasteiger partial charge in [0, 0.05) is 39.1 Å². The summed E-state index contributed by atoms with van der Waals surface area (Å²) >= 11 is 0. The first-order valence-electron chi connectivity index (χ1n) is 8.90. The van der Waals surface area contributed by atoms with Gasteiger partial charge in [-0.2, -0.15) is 0 Å². The first-order valence-corrected chi connectivity index (χ1v) is 8.90. The zero-order valence-electron chi connectivity index (χ0n) is 16.8. The van der Waals surface area contributed by atoms with Crippen LogP contribution in [0.25, 0.3) is 0 Å². The van der Waals surface area contributed by atoms with Crippen LogP contribution in [-0.2, 0) is 11.3 Å². The molecule has 0 bridgehead atoms. The molecule has 2 N–H and O–H groups in total. The van der Waals surface area contributed by atoms with E-state index in [1.54, 1.807) is 7.05 Å². The highest BCUT2D eigenvalue weighted by Gasteiger charge is 2.20. The van der Waals surface area contributed by atoms with E-state index in [1.807, 2.05) is 50.9 Å². The topological polar surface area (TPSA) is 75.2 Å². The third kappa shape index (κ3) is 7.08. The molecule has 1 aromatic carbocycles. The number of rotatable bonds is 5. The summed E-state index contributed by atoms with van der Waals surface area (Å²) in [6.07, 6.45) is 0. The number of carbonyl (C=O) groups is 1. The lowest BCUT2D eigenvalue weighted by molar-refractivity contribution is -0.128.